The van der Waals surface area contributed by atoms with E-state index in [1.165, 1.54) is 6.92 Å². The summed E-state index contributed by atoms with van der Waals surface area (Å²) in [5, 5.41) is -0.174. The van der Waals surface area contributed by atoms with Crippen LogP contribution in [-0.4, -0.2) is 13.1 Å². The van der Waals surface area contributed by atoms with E-state index in [1.54, 1.807) is 0 Å². The van der Waals surface area contributed by atoms with Crippen LogP contribution in [-0.2, 0) is 10.9 Å². The maximum Gasteiger partial charge on any atom is 0.425 e. The highest BCUT2D eigenvalue weighted by Gasteiger charge is 2.37. The first kappa shape index (κ1) is 11.8. The van der Waals surface area contributed by atoms with Crippen LogP contribution in [0.15, 0.2) is 0 Å². The van der Waals surface area contributed by atoms with Crippen LogP contribution in [0.4, 0.5) is 18.2 Å². The summed E-state index contributed by atoms with van der Waals surface area (Å²) < 4.78 is 41.6. The molecule has 0 bridgehead atoms. The number of hydrogen-bond acceptors (Lipinski definition) is 4. The third-order valence-corrected chi connectivity index (χ3v) is 2.99. The van der Waals surface area contributed by atoms with Gasteiger partial charge in [-0.3, -0.25) is 0 Å². The van der Waals surface area contributed by atoms with Crippen molar-refractivity contribution in [1.29, 1.82) is 0 Å². The van der Waals surface area contributed by atoms with Gasteiger partial charge in [0.1, 0.15) is 9.88 Å². The summed E-state index contributed by atoms with van der Waals surface area (Å²) in [5.74, 6) is -0.850. The first-order chi connectivity index (χ1) is 6.79. The zero-order valence-electron chi connectivity index (χ0n) is 7.94. The van der Waals surface area contributed by atoms with Crippen molar-refractivity contribution in [3.05, 3.63) is 16.0 Å². The van der Waals surface area contributed by atoms with Crippen LogP contribution in [0.2, 0.25) is 0 Å². The van der Waals surface area contributed by atoms with Gasteiger partial charge in [0.15, 0.2) is 0 Å². The van der Waals surface area contributed by atoms with Crippen LogP contribution < -0.4 is 5.73 Å². The highest BCUT2D eigenvalue weighted by Crippen LogP contribution is 2.41. The molecule has 0 spiro atoms. The molecule has 0 radical (unpaired) electrons. The molecule has 0 aliphatic carbocycles. The lowest BCUT2D eigenvalue weighted by molar-refractivity contribution is -0.134. The van der Waals surface area contributed by atoms with Crippen molar-refractivity contribution in [2.45, 2.75) is 13.1 Å². The number of thiophene rings is 1. The van der Waals surface area contributed by atoms with Crippen LogP contribution >= 0.6 is 11.3 Å². The van der Waals surface area contributed by atoms with Crippen LogP contribution in [0.25, 0.3) is 0 Å². The first-order valence-electron chi connectivity index (χ1n) is 3.83. The van der Waals surface area contributed by atoms with E-state index in [9.17, 15) is 18.0 Å². The van der Waals surface area contributed by atoms with Gasteiger partial charge in [0.2, 0.25) is 0 Å². The molecule has 1 aromatic heterocycles. The average Bonchev–Trinajstić information content (AvgIpc) is 2.40. The lowest BCUT2D eigenvalue weighted by atomic mass is 10.1. The van der Waals surface area contributed by atoms with E-state index in [-0.39, 0.29) is 16.1 Å². The number of anilines is 1. The monoisotopic (exact) mass is 239 g/mol. The summed E-state index contributed by atoms with van der Waals surface area (Å²) in [6.07, 6.45) is -4.49. The summed E-state index contributed by atoms with van der Waals surface area (Å²) in [4.78, 5) is 10.3. The molecule has 3 nitrogen and oxygen atoms in total. The molecule has 0 saturated heterocycles. The van der Waals surface area contributed by atoms with Crippen molar-refractivity contribution in [3.63, 3.8) is 0 Å². The second-order valence-corrected chi connectivity index (χ2v) is 3.84. The molecule has 0 saturated carbocycles. The van der Waals surface area contributed by atoms with Crippen molar-refractivity contribution >= 4 is 22.3 Å². The normalized spacial score (nSPS) is 11.5. The third kappa shape index (κ3) is 2.06. The SMILES string of the molecule is COC(=O)c1c(N)sc(C(F)(F)F)c1C. The van der Waals surface area contributed by atoms with E-state index >= 15 is 0 Å². The molecule has 0 fully saturated rings. The van der Waals surface area contributed by atoms with Gasteiger partial charge >= 0.3 is 12.1 Å². The minimum atomic E-state index is -4.49. The molecular weight excluding hydrogens is 231 g/mol. The quantitative estimate of drug-likeness (QED) is 0.766. The number of halogens is 3. The van der Waals surface area contributed by atoms with E-state index in [2.05, 4.69) is 4.74 Å². The molecule has 0 unspecified atom stereocenters. The van der Waals surface area contributed by atoms with Crippen LogP contribution in [0.5, 0.6) is 0 Å². The fourth-order valence-electron chi connectivity index (χ4n) is 1.16. The largest absolute Gasteiger partial charge is 0.465 e. The van der Waals surface area contributed by atoms with Crippen molar-refractivity contribution in [2.75, 3.05) is 12.8 Å². The van der Waals surface area contributed by atoms with Crippen LogP contribution in [0.1, 0.15) is 20.8 Å². The number of rotatable bonds is 1. The van der Waals surface area contributed by atoms with Crippen molar-refractivity contribution in [3.8, 4) is 0 Å². The summed E-state index contributed by atoms with van der Waals surface area (Å²) in [6, 6.07) is 0. The number of esters is 1. The van der Waals surface area contributed by atoms with Crippen molar-refractivity contribution in [1.82, 2.24) is 0 Å². The van der Waals surface area contributed by atoms with Crippen molar-refractivity contribution in [2.24, 2.45) is 0 Å². The van der Waals surface area contributed by atoms with Gasteiger partial charge in [-0.05, 0) is 12.5 Å². The summed E-state index contributed by atoms with van der Waals surface area (Å²) in [7, 11) is 1.09. The van der Waals surface area contributed by atoms with E-state index in [4.69, 9.17) is 5.73 Å². The predicted octanol–water partition coefficient (Wildman–Crippen LogP) is 2.44. The fraction of sp³-hybridized carbons (Fsp3) is 0.375. The number of nitrogens with two attached hydrogens (primary N) is 1. The Balaban J connectivity index is 3.33. The molecule has 0 aromatic carbocycles. The molecule has 2 N–H and O–H groups in total. The Morgan fingerprint density at radius 1 is 1.47 bits per heavy atom. The van der Waals surface area contributed by atoms with Gasteiger partial charge in [0.25, 0.3) is 0 Å². The standard InChI is InChI=1S/C8H8F3NO2S/c1-3-4(7(13)14-2)6(12)15-5(3)8(9,10)11/h12H2,1-2H3. The number of hydrogen-bond donors (Lipinski definition) is 1. The molecule has 0 aliphatic rings. The molecule has 15 heavy (non-hydrogen) atoms. The van der Waals surface area contributed by atoms with Crippen LogP contribution in [0.3, 0.4) is 0 Å². The minimum Gasteiger partial charge on any atom is -0.465 e. The van der Waals surface area contributed by atoms with Gasteiger partial charge in [-0.1, -0.05) is 0 Å². The van der Waals surface area contributed by atoms with E-state index in [0.29, 0.717) is 11.3 Å². The number of nitrogen functional groups attached to an aromatic ring is 1. The Kier molecular flexibility index (Phi) is 2.94. The van der Waals surface area contributed by atoms with E-state index in [0.717, 1.165) is 7.11 Å². The highest BCUT2D eigenvalue weighted by atomic mass is 32.1. The Labute approximate surface area is 87.6 Å². The summed E-state index contributed by atoms with van der Waals surface area (Å²) in [5.41, 5.74) is 4.95. The number of ether oxygens (including phenoxy) is 1. The Hall–Kier alpha value is -1.24. The summed E-state index contributed by atoms with van der Waals surface area (Å²) in [6.45, 7) is 1.20. The topological polar surface area (TPSA) is 52.3 Å². The molecule has 7 heteroatoms. The van der Waals surface area contributed by atoms with Gasteiger partial charge in [-0.25, -0.2) is 4.79 Å². The van der Waals surface area contributed by atoms with Crippen LogP contribution in [0, 0.1) is 6.92 Å². The van der Waals surface area contributed by atoms with Gasteiger partial charge < -0.3 is 10.5 Å². The smallest absolute Gasteiger partial charge is 0.425 e. The lowest BCUT2D eigenvalue weighted by Gasteiger charge is -2.04. The molecule has 84 valence electrons. The maximum atomic E-state index is 12.4. The van der Waals surface area contributed by atoms with Gasteiger partial charge in [0, 0.05) is 0 Å². The van der Waals surface area contributed by atoms with Gasteiger partial charge in [0.05, 0.1) is 12.7 Å². The number of alkyl halides is 3. The molecule has 1 aromatic rings. The average molecular weight is 239 g/mol. The maximum absolute atomic E-state index is 12.4. The first-order valence-corrected chi connectivity index (χ1v) is 4.65. The van der Waals surface area contributed by atoms with E-state index < -0.39 is 17.0 Å². The Morgan fingerprint density at radius 3 is 2.33 bits per heavy atom. The minimum absolute atomic E-state index is 0.174. The number of methoxy groups -OCH3 is 1. The Bertz CT molecular complexity index is 397. The second-order valence-electron chi connectivity index (χ2n) is 2.78. The predicted molar refractivity (Wildman–Crippen MR) is 49.8 cm³/mol. The molecule has 0 aliphatic heterocycles. The molecule has 1 heterocycles. The number of carbonyl (C=O) groups excluding carboxylic acids is 1. The molecule has 0 amide bonds. The number of carbonyl (C=O) groups is 1. The Morgan fingerprint density at radius 2 is 2.00 bits per heavy atom. The molecule has 0 atom stereocenters. The van der Waals surface area contributed by atoms with Gasteiger partial charge in [-0.15, -0.1) is 11.3 Å². The third-order valence-electron chi connectivity index (χ3n) is 1.82. The zero-order chi connectivity index (χ0) is 11.8. The fourth-order valence-corrected chi connectivity index (χ4v) is 2.09. The summed E-state index contributed by atoms with van der Waals surface area (Å²) >= 11 is 0.344. The molecular formula is C8H8F3NO2S. The molecule has 1 rings (SSSR count). The zero-order valence-corrected chi connectivity index (χ0v) is 8.75. The highest BCUT2D eigenvalue weighted by molar-refractivity contribution is 7.16. The lowest BCUT2D eigenvalue weighted by Crippen LogP contribution is -2.07. The van der Waals surface area contributed by atoms with E-state index in [1.807, 2.05) is 0 Å². The second kappa shape index (κ2) is 3.73. The van der Waals surface area contributed by atoms with Gasteiger partial charge in [-0.2, -0.15) is 13.2 Å². The van der Waals surface area contributed by atoms with Crippen molar-refractivity contribution < 1.29 is 22.7 Å².